The first-order valence-electron chi connectivity index (χ1n) is 6.70. The average Bonchev–Trinajstić information content (AvgIpc) is 2.25. The molecule has 2 atom stereocenters. The lowest BCUT2D eigenvalue weighted by molar-refractivity contribution is -0.134. The third-order valence-corrected chi connectivity index (χ3v) is 3.92. The molecule has 1 rings (SSSR count). The molecule has 19 heavy (non-hydrogen) atoms. The van der Waals surface area contributed by atoms with E-state index in [4.69, 9.17) is 5.73 Å². The molecule has 0 aromatic carbocycles. The first-order chi connectivity index (χ1) is 8.69. The molecule has 0 spiro atoms. The average molecular weight is 291 g/mol. The number of nitrogens with zero attached hydrogens (tertiary/aromatic N) is 1. The van der Waals surface area contributed by atoms with E-state index in [9.17, 15) is 13.2 Å². The summed E-state index contributed by atoms with van der Waals surface area (Å²) in [4.78, 5) is 13.8. The van der Waals surface area contributed by atoms with Crippen LogP contribution in [0.4, 0.5) is 0 Å². The number of rotatable bonds is 5. The lowest BCUT2D eigenvalue weighted by Crippen LogP contribution is -2.53. The summed E-state index contributed by atoms with van der Waals surface area (Å²) in [5.41, 5.74) is 5.89. The maximum Gasteiger partial charge on any atom is 0.239 e. The third kappa shape index (κ3) is 5.88. The van der Waals surface area contributed by atoms with Crippen LogP contribution in [0.25, 0.3) is 0 Å². The van der Waals surface area contributed by atoms with Crippen molar-refractivity contribution in [1.29, 1.82) is 0 Å². The lowest BCUT2D eigenvalue weighted by Gasteiger charge is -2.34. The Morgan fingerprint density at radius 3 is 2.63 bits per heavy atom. The molecule has 0 radical (unpaired) electrons. The SMILES string of the molecule is CC(C)C[C@H](N)C(=O)N1CCCC(NS(C)(=O)=O)C1. The molecule has 0 aliphatic carbocycles. The minimum absolute atomic E-state index is 0.0753. The van der Waals surface area contributed by atoms with E-state index in [0.717, 1.165) is 19.1 Å². The molecule has 1 aliphatic heterocycles. The maximum absolute atomic E-state index is 12.2. The van der Waals surface area contributed by atoms with Crippen LogP contribution in [0.15, 0.2) is 0 Å². The monoisotopic (exact) mass is 291 g/mol. The number of nitrogens with two attached hydrogens (primary N) is 1. The number of sulfonamides is 1. The van der Waals surface area contributed by atoms with Gasteiger partial charge in [-0.3, -0.25) is 4.79 Å². The zero-order chi connectivity index (χ0) is 14.6. The number of likely N-dealkylation sites (tertiary alicyclic amines) is 1. The Morgan fingerprint density at radius 1 is 1.47 bits per heavy atom. The Kier molecular flexibility index (Phi) is 5.76. The highest BCUT2D eigenvalue weighted by atomic mass is 32.2. The molecule has 0 aromatic rings. The summed E-state index contributed by atoms with van der Waals surface area (Å²) >= 11 is 0. The molecule has 0 bridgehead atoms. The van der Waals surface area contributed by atoms with E-state index in [2.05, 4.69) is 4.72 Å². The smallest absolute Gasteiger partial charge is 0.239 e. The standard InChI is InChI=1S/C12H25N3O3S/c1-9(2)7-11(13)12(16)15-6-4-5-10(8-15)14-19(3,17)18/h9-11,14H,4-8,13H2,1-3H3/t10?,11-/m0/s1. The predicted molar refractivity (Wildman–Crippen MR) is 75.0 cm³/mol. The molecule has 0 saturated carbocycles. The number of carbonyl (C=O) groups excluding carboxylic acids is 1. The van der Waals surface area contributed by atoms with Gasteiger partial charge in [-0.05, 0) is 25.2 Å². The summed E-state index contributed by atoms with van der Waals surface area (Å²) in [6.07, 6.45) is 3.35. The molecule has 1 heterocycles. The molecule has 7 heteroatoms. The highest BCUT2D eigenvalue weighted by molar-refractivity contribution is 7.88. The van der Waals surface area contributed by atoms with E-state index in [1.165, 1.54) is 0 Å². The number of hydrogen-bond acceptors (Lipinski definition) is 4. The summed E-state index contributed by atoms with van der Waals surface area (Å²) in [5, 5.41) is 0. The molecule has 1 amide bonds. The van der Waals surface area contributed by atoms with Crippen molar-refractivity contribution in [1.82, 2.24) is 9.62 Å². The molecule has 112 valence electrons. The van der Waals surface area contributed by atoms with E-state index < -0.39 is 16.1 Å². The first kappa shape index (κ1) is 16.4. The molecular formula is C12H25N3O3S. The minimum Gasteiger partial charge on any atom is -0.340 e. The number of nitrogens with one attached hydrogen (secondary N) is 1. The van der Waals surface area contributed by atoms with Crippen LogP contribution in [0.1, 0.15) is 33.1 Å². The van der Waals surface area contributed by atoms with Gasteiger partial charge in [0.15, 0.2) is 0 Å². The van der Waals surface area contributed by atoms with Gasteiger partial charge in [0.05, 0.1) is 12.3 Å². The summed E-state index contributed by atoms with van der Waals surface area (Å²) < 4.78 is 25.0. The molecular weight excluding hydrogens is 266 g/mol. The molecule has 1 saturated heterocycles. The Hall–Kier alpha value is -0.660. The van der Waals surface area contributed by atoms with Gasteiger partial charge >= 0.3 is 0 Å². The largest absolute Gasteiger partial charge is 0.340 e. The van der Waals surface area contributed by atoms with Gasteiger partial charge in [0.1, 0.15) is 0 Å². The van der Waals surface area contributed by atoms with Gasteiger partial charge in [0.25, 0.3) is 0 Å². The maximum atomic E-state index is 12.2. The highest BCUT2D eigenvalue weighted by Crippen LogP contribution is 2.13. The quantitative estimate of drug-likeness (QED) is 0.740. The molecule has 0 aromatic heterocycles. The Balaban J connectivity index is 2.56. The zero-order valence-corrected chi connectivity index (χ0v) is 12.7. The van der Waals surface area contributed by atoms with Crippen molar-refractivity contribution in [3.05, 3.63) is 0 Å². The zero-order valence-electron chi connectivity index (χ0n) is 11.9. The molecule has 6 nitrogen and oxygen atoms in total. The Labute approximate surface area is 115 Å². The van der Waals surface area contributed by atoms with E-state index in [-0.39, 0.29) is 11.9 Å². The Bertz CT molecular complexity index is 408. The predicted octanol–water partition coefficient (Wildman–Crippen LogP) is -0.1000. The fourth-order valence-electron chi connectivity index (χ4n) is 2.42. The molecule has 3 N–H and O–H groups in total. The van der Waals surface area contributed by atoms with Gasteiger partial charge in [-0.25, -0.2) is 13.1 Å². The fourth-order valence-corrected chi connectivity index (χ4v) is 3.22. The van der Waals surface area contributed by atoms with Gasteiger partial charge in [-0.2, -0.15) is 0 Å². The van der Waals surface area contributed by atoms with E-state index >= 15 is 0 Å². The second-order valence-corrected chi connectivity index (χ2v) is 7.53. The summed E-state index contributed by atoms with van der Waals surface area (Å²) in [5.74, 6) is 0.294. The van der Waals surface area contributed by atoms with Crippen LogP contribution in [-0.4, -0.2) is 50.7 Å². The van der Waals surface area contributed by atoms with Crippen molar-refractivity contribution in [2.75, 3.05) is 19.3 Å². The Morgan fingerprint density at radius 2 is 2.11 bits per heavy atom. The minimum atomic E-state index is -3.23. The lowest BCUT2D eigenvalue weighted by atomic mass is 10.0. The third-order valence-electron chi connectivity index (χ3n) is 3.16. The topological polar surface area (TPSA) is 92.5 Å². The van der Waals surface area contributed by atoms with Crippen molar-refractivity contribution in [3.8, 4) is 0 Å². The van der Waals surface area contributed by atoms with Gasteiger partial charge in [0.2, 0.25) is 15.9 Å². The van der Waals surface area contributed by atoms with Crippen LogP contribution in [0.5, 0.6) is 0 Å². The molecule has 1 fully saturated rings. The number of piperidine rings is 1. The van der Waals surface area contributed by atoms with Gasteiger partial charge in [0, 0.05) is 19.1 Å². The van der Waals surface area contributed by atoms with Gasteiger partial charge in [-0.15, -0.1) is 0 Å². The van der Waals surface area contributed by atoms with Crippen molar-refractivity contribution < 1.29 is 13.2 Å². The van der Waals surface area contributed by atoms with Gasteiger partial charge in [-0.1, -0.05) is 13.8 Å². The van der Waals surface area contributed by atoms with Gasteiger partial charge < -0.3 is 10.6 Å². The summed E-state index contributed by atoms with van der Waals surface area (Å²) in [6, 6.07) is -0.684. The van der Waals surface area contributed by atoms with Crippen LogP contribution in [0.2, 0.25) is 0 Å². The van der Waals surface area contributed by atoms with Crippen LogP contribution in [0, 0.1) is 5.92 Å². The van der Waals surface area contributed by atoms with Crippen LogP contribution >= 0.6 is 0 Å². The number of hydrogen-bond donors (Lipinski definition) is 2. The van der Waals surface area contributed by atoms with Crippen LogP contribution in [-0.2, 0) is 14.8 Å². The number of carbonyl (C=O) groups is 1. The highest BCUT2D eigenvalue weighted by Gasteiger charge is 2.28. The number of amides is 1. The van der Waals surface area contributed by atoms with Crippen LogP contribution < -0.4 is 10.5 Å². The van der Waals surface area contributed by atoms with Crippen molar-refractivity contribution in [2.45, 2.75) is 45.2 Å². The summed E-state index contributed by atoms with van der Waals surface area (Å²) in [7, 11) is -3.23. The second kappa shape index (κ2) is 6.67. The van der Waals surface area contributed by atoms with Crippen molar-refractivity contribution >= 4 is 15.9 Å². The van der Waals surface area contributed by atoms with E-state index in [1.54, 1.807) is 4.90 Å². The molecule has 1 unspecified atom stereocenters. The van der Waals surface area contributed by atoms with E-state index in [0.29, 0.717) is 25.4 Å². The normalized spacial score (nSPS) is 22.6. The van der Waals surface area contributed by atoms with Crippen LogP contribution in [0.3, 0.4) is 0 Å². The van der Waals surface area contributed by atoms with E-state index in [1.807, 2.05) is 13.8 Å². The first-order valence-corrected chi connectivity index (χ1v) is 8.60. The second-order valence-electron chi connectivity index (χ2n) is 5.75. The fraction of sp³-hybridized carbons (Fsp3) is 0.917. The summed E-state index contributed by atoms with van der Waals surface area (Å²) in [6.45, 7) is 5.12. The molecule has 1 aliphatic rings. The van der Waals surface area contributed by atoms with Crippen molar-refractivity contribution in [3.63, 3.8) is 0 Å². The van der Waals surface area contributed by atoms with Crippen molar-refractivity contribution in [2.24, 2.45) is 11.7 Å².